The van der Waals surface area contributed by atoms with Gasteiger partial charge in [0.25, 0.3) is 5.91 Å². The van der Waals surface area contributed by atoms with Crippen LogP contribution in [0.1, 0.15) is 38.4 Å². The van der Waals surface area contributed by atoms with E-state index in [1.165, 1.54) is 23.7 Å². The van der Waals surface area contributed by atoms with Crippen LogP contribution in [0, 0.1) is 5.41 Å². The van der Waals surface area contributed by atoms with Crippen LogP contribution in [0.4, 0.5) is 10.5 Å². The molecule has 1 heterocycles. The van der Waals surface area contributed by atoms with Crippen molar-refractivity contribution in [1.82, 2.24) is 5.48 Å². The highest BCUT2D eigenvalue weighted by atomic mass is 16.7. The summed E-state index contributed by atoms with van der Waals surface area (Å²) in [6.45, 7) is 4.02. The smallest absolute Gasteiger partial charge is 0.412 e. The number of fused-ring (bicyclic) bond motifs is 1. The average Bonchev–Trinajstić information content (AvgIpc) is 3.23. The third-order valence-electron chi connectivity index (χ3n) is 5.08. The molecule has 1 aliphatic rings. The lowest BCUT2D eigenvalue weighted by molar-refractivity contribution is -0.124. The number of benzene rings is 2. The van der Waals surface area contributed by atoms with Gasteiger partial charge in [-0.15, -0.1) is 0 Å². The molecule has 0 bridgehead atoms. The van der Waals surface area contributed by atoms with Crippen molar-refractivity contribution in [3.63, 3.8) is 0 Å². The Kier molecular flexibility index (Phi) is 7.21. The molecule has 0 spiro atoms. The highest BCUT2D eigenvalue weighted by molar-refractivity contribution is 5.86. The van der Waals surface area contributed by atoms with Crippen LogP contribution in [0.5, 0.6) is 17.2 Å². The van der Waals surface area contributed by atoms with Gasteiger partial charge < -0.3 is 19.3 Å². The van der Waals surface area contributed by atoms with Gasteiger partial charge in [-0.3, -0.25) is 15.3 Å². The molecule has 0 aromatic heterocycles. The average molecular weight is 442 g/mol. The summed E-state index contributed by atoms with van der Waals surface area (Å²) < 4.78 is 16.4. The number of amides is 2. The second kappa shape index (κ2) is 10.1. The number of carbonyl (C=O) groups is 2. The van der Waals surface area contributed by atoms with E-state index in [1.807, 2.05) is 13.8 Å². The number of phenols is 1. The Morgan fingerprint density at radius 3 is 2.59 bits per heavy atom. The summed E-state index contributed by atoms with van der Waals surface area (Å²) in [5.74, 6) is 0.636. The molecule has 0 radical (unpaired) electrons. The maximum atomic E-state index is 12.7. The minimum Gasteiger partial charge on any atom is -0.508 e. The van der Waals surface area contributed by atoms with E-state index in [4.69, 9.17) is 19.4 Å². The Hall–Kier alpha value is -3.72. The number of ether oxygens (including phenoxy) is 3. The van der Waals surface area contributed by atoms with Crippen molar-refractivity contribution in [2.75, 3.05) is 12.1 Å². The molecular formula is C23H26N2O7. The monoisotopic (exact) mass is 442 g/mol. The van der Waals surface area contributed by atoms with E-state index in [-0.39, 0.29) is 12.5 Å². The number of allylic oxidation sites excluding steroid dienone is 1. The van der Waals surface area contributed by atoms with Crippen molar-refractivity contribution in [3.8, 4) is 17.2 Å². The molecule has 9 nitrogen and oxygen atoms in total. The summed E-state index contributed by atoms with van der Waals surface area (Å²) in [5, 5.41) is 20.9. The topological polar surface area (TPSA) is 126 Å². The van der Waals surface area contributed by atoms with Gasteiger partial charge in [0.15, 0.2) is 11.5 Å². The SMILES string of the molecule is CC(C)(CC/C=C/C(=O)NO)[C@H](OC(=O)Nc1ccc2c(c1)OCO2)c1ccc(O)cc1. The Balaban J connectivity index is 1.73. The number of hydrogen-bond donors (Lipinski definition) is 4. The van der Waals surface area contributed by atoms with E-state index in [2.05, 4.69) is 5.32 Å². The molecule has 4 N–H and O–H groups in total. The first-order chi connectivity index (χ1) is 15.3. The molecule has 0 unspecified atom stereocenters. The molecule has 170 valence electrons. The second-order valence-corrected chi connectivity index (χ2v) is 7.98. The van der Waals surface area contributed by atoms with E-state index in [9.17, 15) is 14.7 Å². The first-order valence-electron chi connectivity index (χ1n) is 10.1. The quantitative estimate of drug-likeness (QED) is 0.273. The van der Waals surface area contributed by atoms with Crippen molar-refractivity contribution in [1.29, 1.82) is 0 Å². The zero-order chi connectivity index (χ0) is 23.1. The molecule has 1 atom stereocenters. The largest absolute Gasteiger partial charge is 0.508 e. The Morgan fingerprint density at radius 2 is 1.88 bits per heavy atom. The highest BCUT2D eigenvalue weighted by Crippen LogP contribution is 2.41. The van der Waals surface area contributed by atoms with Crippen LogP contribution in [0.15, 0.2) is 54.6 Å². The second-order valence-electron chi connectivity index (χ2n) is 7.98. The van der Waals surface area contributed by atoms with Crippen LogP contribution in [0.2, 0.25) is 0 Å². The Bertz CT molecular complexity index is 986. The van der Waals surface area contributed by atoms with Crippen LogP contribution < -0.4 is 20.3 Å². The van der Waals surface area contributed by atoms with Gasteiger partial charge in [-0.05, 0) is 42.7 Å². The normalized spacial score (nSPS) is 13.6. The van der Waals surface area contributed by atoms with Gasteiger partial charge in [-0.2, -0.15) is 0 Å². The summed E-state index contributed by atoms with van der Waals surface area (Å²) in [6.07, 6.45) is 2.67. The molecular weight excluding hydrogens is 416 g/mol. The minimum absolute atomic E-state index is 0.105. The van der Waals surface area contributed by atoms with Crippen LogP contribution >= 0.6 is 0 Å². The van der Waals surface area contributed by atoms with Crippen LogP contribution in [0.25, 0.3) is 0 Å². The maximum absolute atomic E-state index is 12.7. The number of nitrogens with one attached hydrogen (secondary N) is 2. The summed E-state index contributed by atoms with van der Waals surface area (Å²) in [7, 11) is 0. The van der Waals surface area contributed by atoms with Gasteiger partial charge in [-0.25, -0.2) is 10.3 Å². The molecule has 32 heavy (non-hydrogen) atoms. The van der Waals surface area contributed by atoms with Gasteiger partial charge in [-0.1, -0.05) is 32.1 Å². The molecule has 1 aliphatic heterocycles. The predicted molar refractivity (Wildman–Crippen MR) is 116 cm³/mol. The van der Waals surface area contributed by atoms with Gasteiger partial charge in [0.2, 0.25) is 6.79 Å². The molecule has 0 saturated heterocycles. The van der Waals surface area contributed by atoms with Crippen molar-refractivity contribution in [3.05, 3.63) is 60.2 Å². The number of hydrogen-bond acceptors (Lipinski definition) is 7. The number of phenolic OH excluding ortho intramolecular Hbond substituents is 1. The van der Waals surface area contributed by atoms with Crippen molar-refractivity contribution < 1.29 is 34.1 Å². The molecule has 3 rings (SSSR count). The molecule has 0 saturated carbocycles. The van der Waals surface area contributed by atoms with Gasteiger partial charge in [0.1, 0.15) is 11.9 Å². The zero-order valence-electron chi connectivity index (χ0n) is 17.8. The lowest BCUT2D eigenvalue weighted by Crippen LogP contribution is -2.29. The van der Waals surface area contributed by atoms with E-state index in [1.54, 1.807) is 36.4 Å². The highest BCUT2D eigenvalue weighted by Gasteiger charge is 2.34. The summed E-state index contributed by atoms with van der Waals surface area (Å²) >= 11 is 0. The summed E-state index contributed by atoms with van der Waals surface area (Å²) in [5.41, 5.74) is 2.23. The molecule has 2 amide bonds. The summed E-state index contributed by atoms with van der Waals surface area (Å²) in [6, 6.07) is 11.5. The molecule has 0 aliphatic carbocycles. The van der Waals surface area contributed by atoms with Gasteiger partial charge in [0, 0.05) is 23.2 Å². The molecule has 2 aromatic carbocycles. The first kappa shape index (κ1) is 23.0. The van der Waals surface area contributed by atoms with Crippen molar-refractivity contribution >= 4 is 17.7 Å². The standard InChI is InChI=1S/C23H26N2O7/c1-23(2,12-4-3-5-20(27)25-29)21(15-6-9-17(26)10-7-15)32-22(28)24-16-8-11-18-19(13-16)31-14-30-18/h3,5-11,13,21,26,29H,4,12,14H2,1-2H3,(H,24,28)(H,25,27)/b5-3+/t21-/m1/s1. The Labute approximate surface area is 185 Å². The van der Waals surface area contributed by atoms with Gasteiger partial charge >= 0.3 is 6.09 Å². The number of anilines is 1. The van der Waals surface area contributed by atoms with E-state index >= 15 is 0 Å². The lowest BCUT2D eigenvalue weighted by atomic mass is 9.78. The fourth-order valence-electron chi connectivity index (χ4n) is 3.37. The maximum Gasteiger partial charge on any atom is 0.412 e. The fourth-order valence-corrected chi connectivity index (χ4v) is 3.37. The van der Waals surface area contributed by atoms with Crippen LogP contribution in [-0.2, 0) is 9.53 Å². The number of aromatic hydroxyl groups is 1. The first-order valence-corrected chi connectivity index (χ1v) is 10.1. The van der Waals surface area contributed by atoms with E-state index < -0.39 is 23.5 Å². The number of carbonyl (C=O) groups excluding carboxylic acids is 2. The predicted octanol–water partition coefficient (Wildman–Crippen LogP) is 4.28. The van der Waals surface area contributed by atoms with Crippen LogP contribution in [0.3, 0.4) is 0 Å². The zero-order valence-corrected chi connectivity index (χ0v) is 17.8. The van der Waals surface area contributed by atoms with Gasteiger partial charge in [0.05, 0.1) is 0 Å². The van der Waals surface area contributed by atoms with E-state index in [0.717, 1.165) is 0 Å². The molecule has 9 heteroatoms. The van der Waals surface area contributed by atoms with Crippen LogP contribution in [-0.4, -0.2) is 29.1 Å². The van der Waals surface area contributed by atoms with Crippen molar-refractivity contribution in [2.45, 2.75) is 32.8 Å². The summed E-state index contributed by atoms with van der Waals surface area (Å²) in [4.78, 5) is 23.9. The molecule has 0 fully saturated rings. The van der Waals surface area contributed by atoms with E-state index in [0.29, 0.717) is 35.6 Å². The lowest BCUT2D eigenvalue weighted by Gasteiger charge is -2.34. The number of hydroxylamine groups is 1. The minimum atomic E-state index is -0.648. The fraction of sp³-hybridized carbons (Fsp3) is 0.304. The molecule has 2 aromatic rings. The third kappa shape index (κ3) is 5.92. The van der Waals surface area contributed by atoms with Crippen molar-refractivity contribution in [2.24, 2.45) is 5.41 Å². The third-order valence-corrected chi connectivity index (χ3v) is 5.08. The number of rotatable bonds is 8. The Morgan fingerprint density at radius 1 is 1.16 bits per heavy atom.